The highest BCUT2D eigenvalue weighted by molar-refractivity contribution is 14.0. The van der Waals surface area contributed by atoms with E-state index in [1.807, 2.05) is 44.3 Å². The fourth-order valence-corrected chi connectivity index (χ4v) is 3.36. The molecule has 2 aromatic rings. The van der Waals surface area contributed by atoms with Gasteiger partial charge in [-0.15, -0.1) is 24.0 Å². The van der Waals surface area contributed by atoms with E-state index in [9.17, 15) is 0 Å². The molecule has 5 nitrogen and oxygen atoms in total. The van der Waals surface area contributed by atoms with E-state index in [4.69, 9.17) is 9.47 Å². The smallest absolute Gasteiger partial charge is 0.193 e. The molecule has 29 heavy (non-hydrogen) atoms. The molecular formula is C23H32IN3O2. The van der Waals surface area contributed by atoms with Gasteiger partial charge in [-0.1, -0.05) is 42.5 Å². The van der Waals surface area contributed by atoms with Gasteiger partial charge in [0.25, 0.3) is 0 Å². The van der Waals surface area contributed by atoms with Crippen molar-refractivity contribution in [2.45, 2.75) is 39.0 Å². The minimum Gasteiger partial charge on any atom is -0.490 e. The lowest BCUT2D eigenvalue weighted by atomic mass is 10.1. The zero-order valence-electron chi connectivity index (χ0n) is 17.3. The van der Waals surface area contributed by atoms with E-state index >= 15 is 0 Å². The minimum absolute atomic E-state index is 0. The summed E-state index contributed by atoms with van der Waals surface area (Å²) in [6.07, 6.45) is 2.28. The lowest BCUT2D eigenvalue weighted by Gasteiger charge is -2.34. The Morgan fingerprint density at radius 1 is 1.03 bits per heavy atom. The summed E-state index contributed by atoms with van der Waals surface area (Å²) in [7, 11) is 1.85. The summed E-state index contributed by atoms with van der Waals surface area (Å²) >= 11 is 0. The second-order valence-electron chi connectivity index (χ2n) is 6.97. The Hall–Kier alpha value is -1.80. The second-order valence-corrected chi connectivity index (χ2v) is 6.97. The maximum Gasteiger partial charge on any atom is 0.193 e. The van der Waals surface area contributed by atoms with Gasteiger partial charge in [-0.2, -0.15) is 0 Å². The zero-order valence-corrected chi connectivity index (χ0v) is 19.7. The number of hydrogen-bond donors (Lipinski definition) is 1. The van der Waals surface area contributed by atoms with Gasteiger partial charge in [0.15, 0.2) is 5.96 Å². The van der Waals surface area contributed by atoms with Crippen molar-refractivity contribution in [2.75, 3.05) is 26.7 Å². The third-order valence-corrected chi connectivity index (χ3v) is 4.95. The van der Waals surface area contributed by atoms with Crippen LogP contribution in [-0.2, 0) is 17.9 Å². The van der Waals surface area contributed by atoms with Crippen LogP contribution in [0.25, 0.3) is 0 Å². The Bertz CT molecular complexity index is 730. The maximum absolute atomic E-state index is 6.09. The van der Waals surface area contributed by atoms with Crippen LogP contribution in [0.3, 0.4) is 0 Å². The highest BCUT2D eigenvalue weighted by Crippen LogP contribution is 2.18. The first kappa shape index (κ1) is 23.5. The predicted octanol–water partition coefficient (Wildman–Crippen LogP) is 4.46. The van der Waals surface area contributed by atoms with Crippen LogP contribution in [0.1, 0.15) is 30.9 Å². The van der Waals surface area contributed by atoms with Crippen molar-refractivity contribution < 1.29 is 9.47 Å². The average molecular weight is 509 g/mol. The van der Waals surface area contributed by atoms with E-state index < -0.39 is 0 Å². The lowest BCUT2D eigenvalue weighted by molar-refractivity contribution is 0.129. The molecular weight excluding hydrogens is 477 g/mol. The zero-order chi connectivity index (χ0) is 19.6. The molecule has 1 saturated heterocycles. The summed E-state index contributed by atoms with van der Waals surface area (Å²) in [5.74, 6) is 1.91. The molecule has 1 aliphatic heterocycles. The Kier molecular flexibility index (Phi) is 10.3. The largest absolute Gasteiger partial charge is 0.490 e. The molecule has 0 radical (unpaired) electrons. The molecule has 0 saturated carbocycles. The Balaban J connectivity index is 0.00000300. The highest BCUT2D eigenvalue weighted by atomic mass is 127. The summed E-state index contributed by atoms with van der Waals surface area (Å²) in [5.41, 5.74) is 2.44. The molecule has 1 heterocycles. The molecule has 3 rings (SSSR count). The van der Waals surface area contributed by atoms with Crippen molar-refractivity contribution in [3.05, 3.63) is 65.7 Å². The molecule has 0 atom stereocenters. The number of benzene rings is 2. The van der Waals surface area contributed by atoms with Crippen molar-refractivity contribution in [1.82, 2.24) is 10.2 Å². The standard InChI is InChI=1S/C23H31N3O2.HI/c1-3-27-18-20-11-9-19(10-12-20)17-25-23(24-2)26-15-13-22(14-16-26)28-21-7-5-4-6-8-21;/h4-12,22H,3,13-18H2,1-2H3,(H,24,25);1H. The van der Waals surface area contributed by atoms with Gasteiger partial charge < -0.3 is 19.7 Å². The third kappa shape index (κ3) is 7.51. The first-order valence-corrected chi connectivity index (χ1v) is 10.1. The number of likely N-dealkylation sites (tertiary alicyclic amines) is 1. The molecule has 2 aromatic carbocycles. The van der Waals surface area contributed by atoms with Crippen molar-refractivity contribution in [1.29, 1.82) is 0 Å². The Labute approximate surface area is 191 Å². The van der Waals surface area contributed by atoms with Gasteiger partial charge in [-0.25, -0.2) is 0 Å². The van der Waals surface area contributed by atoms with Gasteiger partial charge in [0, 0.05) is 46.1 Å². The quantitative estimate of drug-likeness (QED) is 0.340. The average Bonchev–Trinajstić information content (AvgIpc) is 2.75. The topological polar surface area (TPSA) is 46.1 Å². The monoisotopic (exact) mass is 509 g/mol. The number of piperidine rings is 1. The van der Waals surface area contributed by atoms with E-state index in [1.165, 1.54) is 11.1 Å². The summed E-state index contributed by atoms with van der Waals surface area (Å²) in [6.45, 7) is 6.09. The molecule has 1 N–H and O–H groups in total. The lowest BCUT2D eigenvalue weighted by Crippen LogP contribution is -2.47. The Morgan fingerprint density at radius 3 is 2.31 bits per heavy atom. The number of aliphatic imine (C=N–C) groups is 1. The third-order valence-electron chi connectivity index (χ3n) is 4.95. The molecule has 0 amide bonds. The number of rotatable bonds is 7. The molecule has 0 bridgehead atoms. The van der Waals surface area contributed by atoms with E-state index in [2.05, 4.69) is 39.5 Å². The minimum atomic E-state index is 0. The van der Waals surface area contributed by atoms with Crippen LogP contribution < -0.4 is 10.1 Å². The first-order valence-electron chi connectivity index (χ1n) is 10.1. The van der Waals surface area contributed by atoms with Gasteiger partial charge in [0.05, 0.1) is 6.61 Å². The van der Waals surface area contributed by atoms with Crippen molar-refractivity contribution in [3.8, 4) is 5.75 Å². The van der Waals surface area contributed by atoms with Gasteiger partial charge in [-0.05, 0) is 30.2 Å². The van der Waals surface area contributed by atoms with E-state index in [-0.39, 0.29) is 30.1 Å². The van der Waals surface area contributed by atoms with Crippen LogP contribution in [-0.4, -0.2) is 43.7 Å². The van der Waals surface area contributed by atoms with Crippen molar-refractivity contribution in [2.24, 2.45) is 4.99 Å². The maximum atomic E-state index is 6.09. The first-order chi connectivity index (χ1) is 13.8. The molecule has 1 fully saturated rings. The van der Waals surface area contributed by atoms with Gasteiger partial charge >= 0.3 is 0 Å². The number of ether oxygens (including phenoxy) is 2. The number of nitrogens with one attached hydrogen (secondary N) is 1. The van der Waals surface area contributed by atoms with Gasteiger partial charge in [-0.3, -0.25) is 4.99 Å². The predicted molar refractivity (Wildman–Crippen MR) is 129 cm³/mol. The fraction of sp³-hybridized carbons (Fsp3) is 0.435. The van der Waals surface area contributed by atoms with E-state index in [0.29, 0.717) is 6.61 Å². The molecule has 158 valence electrons. The molecule has 0 aliphatic carbocycles. The number of halogens is 1. The Morgan fingerprint density at radius 2 is 1.69 bits per heavy atom. The van der Waals surface area contributed by atoms with Gasteiger partial charge in [0.1, 0.15) is 11.9 Å². The summed E-state index contributed by atoms with van der Waals surface area (Å²) in [5, 5.41) is 3.49. The number of guanidine groups is 1. The summed E-state index contributed by atoms with van der Waals surface area (Å²) < 4.78 is 11.5. The van der Waals surface area contributed by atoms with E-state index in [0.717, 1.165) is 50.8 Å². The van der Waals surface area contributed by atoms with Crippen LogP contribution in [0.15, 0.2) is 59.6 Å². The molecule has 0 aromatic heterocycles. The molecule has 6 heteroatoms. The number of nitrogens with zero attached hydrogens (tertiary/aromatic N) is 2. The molecule has 0 unspecified atom stereocenters. The van der Waals surface area contributed by atoms with Crippen LogP contribution in [0.5, 0.6) is 5.75 Å². The summed E-state index contributed by atoms with van der Waals surface area (Å²) in [4.78, 5) is 6.78. The summed E-state index contributed by atoms with van der Waals surface area (Å²) in [6, 6.07) is 18.6. The number of hydrogen-bond acceptors (Lipinski definition) is 3. The molecule has 0 spiro atoms. The van der Waals surface area contributed by atoms with Crippen LogP contribution in [0.4, 0.5) is 0 Å². The van der Waals surface area contributed by atoms with Crippen LogP contribution in [0, 0.1) is 0 Å². The molecule has 1 aliphatic rings. The van der Waals surface area contributed by atoms with Crippen LogP contribution in [0.2, 0.25) is 0 Å². The van der Waals surface area contributed by atoms with Gasteiger partial charge in [0.2, 0.25) is 0 Å². The highest BCUT2D eigenvalue weighted by Gasteiger charge is 2.22. The van der Waals surface area contributed by atoms with Crippen molar-refractivity contribution in [3.63, 3.8) is 0 Å². The van der Waals surface area contributed by atoms with Crippen molar-refractivity contribution >= 4 is 29.9 Å². The SMILES string of the molecule is CCOCc1ccc(CNC(=NC)N2CCC(Oc3ccccc3)CC2)cc1.I. The normalized spacial score (nSPS) is 15.0. The number of para-hydroxylation sites is 1. The van der Waals surface area contributed by atoms with E-state index in [1.54, 1.807) is 0 Å². The fourth-order valence-electron chi connectivity index (χ4n) is 3.36. The van der Waals surface area contributed by atoms with Crippen LogP contribution >= 0.6 is 24.0 Å². The second kappa shape index (κ2) is 12.7.